The molecule has 0 heterocycles. The maximum atomic E-state index is 11.6. The van der Waals surface area contributed by atoms with Crippen molar-refractivity contribution in [1.29, 1.82) is 0 Å². The molecule has 140 valence electrons. The quantitative estimate of drug-likeness (QED) is 0.292. The molecule has 0 aliphatic heterocycles. The van der Waals surface area contributed by atoms with Crippen molar-refractivity contribution in [3.8, 4) is 11.5 Å². The van der Waals surface area contributed by atoms with Crippen molar-refractivity contribution in [2.75, 3.05) is 13.2 Å². The summed E-state index contributed by atoms with van der Waals surface area (Å²) < 4.78 is 14.6. The van der Waals surface area contributed by atoms with Crippen molar-refractivity contribution in [3.05, 3.63) is 68.8 Å². The summed E-state index contributed by atoms with van der Waals surface area (Å²) in [6.07, 6.45) is 0. The highest BCUT2D eigenvalue weighted by atomic mass is 16.6. The van der Waals surface area contributed by atoms with Gasteiger partial charge in [0.05, 0.1) is 9.85 Å². The van der Waals surface area contributed by atoms with Gasteiger partial charge in [-0.2, -0.15) is 0 Å². The second-order valence-electron chi connectivity index (χ2n) is 4.94. The van der Waals surface area contributed by atoms with Crippen molar-refractivity contribution in [2.24, 2.45) is 0 Å². The molecule has 2 rings (SSSR count). The Labute approximate surface area is 151 Å². The fourth-order valence-corrected chi connectivity index (χ4v) is 1.81. The predicted molar refractivity (Wildman–Crippen MR) is 88.3 cm³/mol. The third kappa shape index (κ3) is 6.17. The third-order valence-corrected chi connectivity index (χ3v) is 3.00. The van der Waals surface area contributed by atoms with Gasteiger partial charge in [-0.1, -0.05) is 0 Å². The minimum absolute atomic E-state index is 0.0858. The summed E-state index contributed by atoms with van der Waals surface area (Å²) in [5.41, 5.74) is -0.305. The summed E-state index contributed by atoms with van der Waals surface area (Å²) in [6, 6.07) is 9.68. The lowest BCUT2D eigenvalue weighted by atomic mass is 10.3. The maximum absolute atomic E-state index is 11.6. The van der Waals surface area contributed by atoms with Crippen molar-refractivity contribution in [2.45, 2.75) is 0 Å². The van der Waals surface area contributed by atoms with Gasteiger partial charge in [0.1, 0.15) is 24.7 Å². The number of nitrogens with zero attached hydrogens (tertiary/aromatic N) is 2. The van der Waals surface area contributed by atoms with E-state index >= 15 is 0 Å². The van der Waals surface area contributed by atoms with Crippen LogP contribution in [0.15, 0.2) is 48.5 Å². The molecular formula is C16H12N2O9. The molecule has 0 amide bonds. The van der Waals surface area contributed by atoms with Crippen LogP contribution in [0.4, 0.5) is 11.4 Å². The largest absolute Gasteiger partial charge is 0.425 e. The Bertz CT molecular complexity index is 776. The molecule has 2 aromatic rings. The number of nitro groups is 2. The first-order valence-electron chi connectivity index (χ1n) is 7.33. The third-order valence-electron chi connectivity index (χ3n) is 3.00. The molecule has 0 spiro atoms. The maximum Gasteiger partial charge on any atom is 0.337 e. The molecule has 0 aliphatic rings. The lowest BCUT2D eigenvalue weighted by Gasteiger charge is -2.06. The van der Waals surface area contributed by atoms with Crippen molar-refractivity contribution < 1.29 is 33.6 Å². The van der Waals surface area contributed by atoms with Crippen LogP contribution >= 0.6 is 0 Å². The molecule has 0 N–H and O–H groups in total. The highest BCUT2D eigenvalue weighted by Crippen LogP contribution is 2.18. The van der Waals surface area contributed by atoms with Gasteiger partial charge in [0.15, 0.2) is 0 Å². The topological polar surface area (TPSA) is 148 Å². The summed E-state index contributed by atoms with van der Waals surface area (Å²) in [6.45, 7) is -1.10. The van der Waals surface area contributed by atoms with E-state index in [1.165, 1.54) is 48.5 Å². The minimum atomic E-state index is -0.813. The Hall–Kier alpha value is -3.86. The summed E-state index contributed by atoms with van der Waals surface area (Å²) in [5.74, 6) is -1.45. The summed E-state index contributed by atoms with van der Waals surface area (Å²) in [5, 5.41) is 21.0. The molecule has 0 aromatic heterocycles. The molecule has 0 saturated carbocycles. The summed E-state index contributed by atoms with van der Waals surface area (Å²) >= 11 is 0. The average molecular weight is 376 g/mol. The van der Waals surface area contributed by atoms with E-state index in [9.17, 15) is 29.8 Å². The van der Waals surface area contributed by atoms with E-state index in [1.54, 1.807) is 0 Å². The minimum Gasteiger partial charge on any atom is -0.425 e. The van der Waals surface area contributed by atoms with E-state index < -0.39 is 35.0 Å². The van der Waals surface area contributed by atoms with Gasteiger partial charge < -0.3 is 14.2 Å². The number of hydrogen-bond donors (Lipinski definition) is 0. The van der Waals surface area contributed by atoms with Crippen LogP contribution in [0.2, 0.25) is 0 Å². The van der Waals surface area contributed by atoms with Crippen LogP contribution in [-0.2, 0) is 14.3 Å². The monoisotopic (exact) mass is 376 g/mol. The number of benzene rings is 2. The number of nitro benzene ring substituents is 2. The van der Waals surface area contributed by atoms with Crippen LogP contribution < -0.4 is 9.47 Å². The molecule has 0 radical (unpaired) electrons. The van der Waals surface area contributed by atoms with Crippen LogP contribution in [0.3, 0.4) is 0 Å². The number of carbonyl (C=O) groups is 2. The van der Waals surface area contributed by atoms with Gasteiger partial charge in [-0.25, -0.2) is 9.59 Å². The molecule has 0 saturated heterocycles. The SMILES string of the molecule is O=C(COCC(=O)Oc1ccc([N+](=O)[O-])cc1)Oc1ccc([N+](=O)[O-])cc1. The Morgan fingerprint density at radius 2 is 1.04 bits per heavy atom. The fourth-order valence-electron chi connectivity index (χ4n) is 1.81. The highest BCUT2D eigenvalue weighted by Gasteiger charge is 2.12. The van der Waals surface area contributed by atoms with E-state index in [2.05, 4.69) is 0 Å². The molecular weight excluding hydrogens is 364 g/mol. The molecule has 11 nitrogen and oxygen atoms in total. The molecule has 0 atom stereocenters. The zero-order valence-electron chi connectivity index (χ0n) is 13.6. The van der Waals surface area contributed by atoms with Crippen molar-refractivity contribution in [3.63, 3.8) is 0 Å². The number of ether oxygens (including phenoxy) is 3. The van der Waals surface area contributed by atoms with Crippen molar-refractivity contribution >= 4 is 23.3 Å². The van der Waals surface area contributed by atoms with Crippen LogP contribution in [0, 0.1) is 20.2 Å². The lowest BCUT2D eigenvalue weighted by Crippen LogP contribution is -2.21. The Balaban J connectivity index is 1.73. The van der Waals surface area contributed by atoms with Crippen LogP contribution in [0.1, 0.15) is 0 Å². The number of rotatable bonds is 8. The van der Waals surface area contributed by atoms with Crippen LogP contribution in [0.5, 0.6) is 11.5 Å². The standard InChI is InChI=1S/C16H12N2O9/c19-15(26-13-5-1-11(2-6-13)17(21)22)9-25-10-16(20)27-14-7-3-12(4-8-14)18(23)24/h1-8H,9-10H2. The number of non-ortho nitro benzene ring substituents is 2. The Kier molecular flexibility index (Phi) is 6.49. The van der Waals surface area contributed by atoms with Gasteiger partial charge in [-0.15, -0.1) is 0 Å². The summed E-state index contributed by atoms with van der Waals surface area (Å²) in [7, 11) is 0. The van der Waals surface area contributed by atoms with Crippen LogP contribution in [0.25, 0.3) is 0 Å². The molecule has 11 heteroatoms. The lowest BCUT2D eigenvalue weighted by molar-refractivity contribution is -0.385. The van der Waals surface area contributed by atoms with Crippen molar-refractivity contribution in [1.82, 2.24) is 0 Å². The number of carbonyl (C=O) groups excluding carboxylic acids is 2. The molecule has 0 bridgehead atoms. The zero-order chi connectivity index (χ0) is 19.8. The first-order valence-corrected chi connectivity index (χ1v) is 7.33. The van der Waals surface area contributed by atoms with E-state index in [-0.39, 0.29) is 22.9 Å². The second kappa shape index (κ2) is 9.01. The van der Waals surface area contributed by atoms with E-state index in [0.717, 1.165) is 0 Å². The fraction of sp³-hybridized carbons (Fsp3) is 0.125. The molecule has 2 aromatic carbocycles. The van der Waals surface area contributed by atoms with Gasteiger partial charge >= 0.3 is 11.9 Å². The predicted octanol–water partition coefficient (Wildman–Crippen LogP) is 2.03. The molecule has 27 heavy (non-hydrogen) atoms. The van der Waals surface area contributed by atoms with Gasteiger partial charge in [-0.3, -0.25) is 20.2 Å². The zero-order valence-corrected chi connectivity index (χ0v) is 13.6. The average Bonchev–Trinajstić information content (AvgIpc) is 2.62. The molecule has 0 aliphatic carbocycles. The molecule has 0 fully saturated rings. The normalized spacial score (nSPS) is 10.1. The van der Waals surface area contributed by atoms with Gasteiger partial charge in [0.2, 0.25) is 0 Å². The summed E-state index contributed by atoms with van der Waals surface area (Å²) in [4.78, 5) is 43.0. The smallest absolute Gasteiger partial charge is 0.337 e. The first-order chi connectivity index (χ1) is 12.8. The van der Waals surface area contributed by atoms with Gasteiger partial charge in [0, 0.05) is 24.3 Å². The Morgan fingerprint density at radius 3 is 1.33 bits per heavy atom. The van der Waals surface area contributed by atoms with E-state index in [1.807, 2.05) is 0 Å². The van der Waals surface area contributed by atoms with Gasteiger partial charge in [-0.05, 0) is 24.3 Å². The Morgan fingerprint density at radius 1 is 0.704 bits per heavy atom. The second-order valence-corrected chi connectivity index (χ2v) is 4.94. The van der Waals surface area contributed by atoms with Gasteiger partial charge in [0.25, 0.3) is 11.4 Å². The number of hydrogen-bond acceptors (Lipinski definition) is 9. The van der Waals surface area contributed by atoms with Crippen LogP contribution in [-0.4, -0.2) is 35.0 Å². The molecule has 0 unspecified atom stereocenters. The first kappa shape index (κ1) is 19.5. The van der Waals surface area contributed by atoms with E-state index in [4.69, 9.17) is 14.2 Å². The number of esters is 2. The van der Waals surface area contributed by atoms with E-state index in [0.29, 0.717) is 0 Å². The highest BCUT2D eigenvalue weighted by molar-refractivity contribution is 5.76.